The van der Waals surface area contributed by atoms with Crippen LogP contribution in [0.1, 0.15) is 39.3 Å². The lowest BCUT2D eigenvalue weighted by molar-refractivity contribution is 0.0690. The second-order valence-corrected chi connectivity index (χ2v) is 6.04. The second-order valence-electron chi connectivity index (χ2n) is 6.04. The first-order chi connectivity index (χ1) is 11.0. The quantitative estimate of drug-likeness (QED) is 0.921. The number of benzene rings is 1. The number of rotatable bonds is 5. The van der Waals surface area contributed by atoms with Gasteiger partial charge in [-0.3, -0.25) is 4.79 Å². The van der Waals surface area contributed by atoms with Gasteiger partial charge in [0.1, 0.15) is 5.69 Å². The van der Waals surface area contributed by atoms with E-state index in [1.807, 2.05) is 18.2 Å². The molecule has 2 aromatic rings. The fourth-order valence-corrected chi connectivity index (χ4v) is 2.91. The number of aromatic nitrogens is 1. The van der Waals surface area contributed by atoms with E-state index in [2.05, 4.69) is 17.1 Å². The lowest BCUT2D eigenvalue weighted by atomic mass is 9.95. The number of nitrogens with zero attached hydrogens (tertiary/aromatic N) is 2. The van der Waals surface area contributed by atoms with Gasteiger partial charge in [-0.2, -0.15) is 0 Å². The molecular formula is C18H18N2O3. The molecule has 0 spiro atoms. The molecule has 1 N–H and O–H groups in total. The number of pyridine rings is 1. The maximum atomic E-state index is 12.6. The van der Waals surface area contributed by atoms with Crippen molar-refractivity contribution in [3.05, 3.63) is 65.5 Å². The molecule has 5 heteroatoms. The third-order valence-corrected chi connectivity index (χ3v) is 4.35. The summed E-state index contributed by atoms with van der Waals surface area (Å²) in [4.78, 5) is 29.0. The van der Waals surface area contributed by atoms with Crippen molar-refractivity contribution in [2.45, 2.75) is 18.3 Å². The largest absolute Gasteiger partial charge is 0.477 e. The smallest absolute Gasteiger partial charge is 0.354 e. The Morgan fingerprint density at radius 3 is 2.52 bits per heavy atom. The molecule has 0 bridgehead atoms. The lowest BCUT2D eigenvalue weighted by Gasteiger charge is -2.24. The summed E-state index contributed by atoms with van der Waals surface area (Å²) in [6, 6.07) is 13.1. The van der Waals surface area contributed by atoms with E-state index in [0.29, 0.717) is 12.1 Å². The van der Waals surface area contributed by atoms with Crippen molar-refractivity contribution >= 4 is 11.9 Å². The summed E-state index contributed by atoms with van der Waals surface area (Å²) < 4.78 is 0. The van der Waals surface area contributed by atoms with Gasteiger partial charge < -0.3 is 10.0 Å². The summed E-state index contributed by atoms with van der Waals surface area (Å²) in [7, 11) is 1.76. The second kappa shape index (κ2) is 5.83. The fraction of sp³-hybridized carbons (Fsp3) is 0.278. The van der Waals surface area contributed by atoms with E-state index in [1.54, 1.807) is 18.0 Å². The Bertz CT molecular complexity index is 739. The Hall–Kier alpha value is -2.69. The van der Waals surface area contributed by atoms with E-state index in [0.717, 1.165) is 12.8 Å². The normalized spacial score (nSPS) is 15.0. The van der Waals surface area contributed by atoms with E-state index in [9.17, 15) is 9.59 Å². The highest BCUT2D eigenvalue weighted by Gasteiger charge is 2.45. The van der Waals surface area contributed by atoms with E-state index in [-0.39, 0.29) is 17.0 Å². The highest BCUT2D eigenvalue weighted by atomic mass is 16.4. The molecule has 1 aromatic heterocycles. The minimum atomic E-state index is -1.13. The Balaban J connectivity index is 1.76. The maximum Gasteiger partial charge on any atom is 0.354 e. The maximum absolute atomic E-state index is 12.6. The van der Waals surface area contributed by atoms with Gasteiger partial charge in [-0.15, -0.1) is 0 Å². The van der Waals surface area contributed by atoms with Crippen molar-refractivity contribution in [2.24, 2.45) is 0 Å². The number of carbonyl (C=O) groups is 2. The lowest BCUT2D eigenvalue weighted by Crippen LogP contribution is -2.34. The van der Waals surface area contributed by atoms with Gasteiger partial charge in [0.15, 0.2) is 0 Å². The van der Waals surface area contributed by atoms with Gasteiger partial charge in [0.2, 0.25) is 0 Å². The van der Waals surface area contributed by atoms with Crippen LogP contribution >= 0.6 is 0 Å². The average Bonchev–Trinajstić information content (AvgIpc) is 3.35. The predicted octanol–water partition coefficient (Wildman–Crippen LogP) is 2.58. The van der Waals surface area contributed by atoms with Crippen molar-refractivity contribution in [1.82, 2.24) is 9.88 Å². The standard InChI is InChI=1S/C18H18N2O3/c1-20(12-18(8-9-18)14-5-3-2-4-6-14)16(21)13-7-10-19-15(11-13)17(22)23/h2-7,10-11H,8-9,12H2,1H3,(H,22,23). The number of likely N-dealkylation sites (N-methyl/N-ethyl adjacent to an activating group) is 1. The summed E-state index contributed by atoms with van der Waals surface area (Å²) in [5.74, 6) is -1.32. The van der Waals surface area contributed by atoms with Crippen molar-refractivity contribution in [3.8, 4) is 0 Å². The fourth-order valence-electron chi connectivity index (χ4n) is 2.91. The minimum absolute atomic E-state index is 0.0360. The summed E-state index contributed by atoms with van der Waals surface area (Å²) in [5.41, 5.74) is 1.52. The van der Waals surface area contributed by atoms with E-state index in [4.69, 9.17) is 5.11 Å². The first-order valence-electron chi connectivity index (χ1n) is 7.52. The van der Waals surface area contributed by atoms with Gasteiger partial charge in [0.25, 0.3) is 5.91 Å². The molecule has 0 aliphatic heterocycles. The summed E-state index contributed by atoms with van der Waals surface area (Å²) in [6.45, 7) is 0.626. The van der Waals surface area contributed by atoms with E-state index >= 15 is 0 Å². The first kappa shape index (κ1) is 15.2. The van der Waals surface area contributed by atoms with Gasteiger partial charge in [0.05, 0.1) is 0 Å². The third kappa shape index (κ3) is 3.08. The Morgan fingerprint density at radius 1 is 1.22 bits per heavy atom. The monoisotopic (exact) mass is 310 g/mol. The zero-order chi connectivity index (χ0) is 16.4. The number of hydrogen-bond acceptors (Lipinski definition) is 3. The topological polar surface area (TPSA) is 70.5 Å². The molecule has 0 saturated heterocycles. The van der Waals surface area contributed by atoms with Gasteiger partial charge in [-0.1, -0.05) is 30.3 Å². The Morgan fingerprint density at radius 2 is 1.91 bits per heavy atom. The molecule has 0 atom stereocenters. The molecule has 1 aliphatic rings. The zero-order valence-corrected chi connectivity index (χ0v) is 12.9. The van der Waals surface area contributed by atoms with Crippen molar-refractivity contribution < 1.29 is 14.7 Å². The van der Waals surface area contributed by atoms with Gasteiger partial charge in [-0.25, -0.2) is 9.78 Å². The molecule has 1 heterocycles. The molecule has 0 unspecified atom stereocenters. The number of aromatic carboxylic acids is 1. The van der Waals surface area contributed by atoms with Gasteiger partial charge in [0, 0.05) is 30.8 Å². The van der Waals surface area contributed by atoms with Crippen LogP contribution in [0, 0.1) is 0 Å². The van der Waals surface area contributed by atoms with Gasteiger partial charge in [-0.05, 0) is 30.5 Å². The SMILES string of the molecule is CN(CC1(c2ccccc2)CC1)C(=O)c1ccnc(C(=O)O)c1. The van der Waals surface area contributed by atoms with Crippen molar-refractivity contribution in [2.75, 3.05) is 13.6 Å². The number of carboxylic acids is 1. The number of hydrogen-bond donors (Lipinski definition) is 1. The van der Waals surface area contributed by atoms with Crippen molar-refractivity contribution in [1.29, 1.82) is 0 Å². The molecular weight excluding hydrogens is 292 g/mol. The van der Waals surface area contributed by atoms with Crippen LogP contribution < -0.4 is 0 Å². The van der Waals surface area contributed by atoms with Crippen LogP contribution in [0.4, 0.5) is 0 Å². The Kier molecular flexibility index (Phi) is 3.86. The molecule has 1 aliphatic carbocycles. The molecule has 118 valence electrons. The molecule has 1 amide bonds. The molecule has 1 fully saturated rings. The highest BCUT2D eigenvalue weighted by Crippen LogP contribution is 2.48. The zero-order valence-electron chi connectivity index (χ0n) is 12.9. The van der Waals surface area contributed by atoms with Crippen LogP contribution in [0.2, 0.25) is 0 Å². The molecule has 5 nitrogen and oxygen atoms in total. The van der Waals surface area contributed by atoms with E-state index in [1.165, 1.54) is 17.8 Å². The summed E-state index contributed by atoms with van der Waals surface area (Å²) >= 11 is 0. The summed E-state index contributed by atoms with van der Waals surface area (Å²) in [6.07, 6.45) is 3.48. The molecule has 1 saturated carbocycles. The summed E-state index contributed by atoms with van der Waals surface area (Å²) in [5, 5.41) is 8.99. The van der Waals surface area contributed by atoms with Crippen LogP contribution in [-0.2, 0) is 5.41 Å². The number of carboxylic acid groups (broad SMARTS) is 1. The molecule has 3 rings (SSSR count). The first-order valence-corrected chi connectivity index (χ1v) is 7.52. The minimum Gasteiger partial charge on any atom is -0.477 e. The van der Waals surface area contributed by atoms with Crippen LogP contribution in [0.3, 0.4) is 0 Å². The van der Waals surface area contributed by atoms with Crippen LogP contribution in [0.15, 0.2) is 48.7 Å². The van der Waals surface area contributed by atoms with Crippen LogP contribution in [0.25, 0.3) is 0 Å². The predicted molar refractivity (Wildman–Crippen MR) is 85.5 cm³/mol. The number of amides is 1. The average molecular weight is 310 g/mol. The highest BCUT2D eigenvalue weighted by molar-refractivity contribution is 5.96. The molecule has 23 heavy (non-hydrogen) atoms. The molecule has 1 aromatic carbocycles. The van der Waals surface area contributed by atoms with Crippen molar-refractivity contribution in [3.63, 3.8) is 0 Å². The number of carbonyl (C=O) groups excluding carboxylic acids is 1. The third-order valence-electron chi connectivity index (χ3n) is 4.35. The Labute approximate surface area is 134 Å². The molecule has 0 radical (unpaired) electrons. The van der Waals surface area contributed by atoms with Gasteiger partial charge >= 0.3 is 5.97 Å². The van der Waals surface area contributed by atoms with Crippen LogP contribution in [0.5, 0.6) is 0 Å². The van der Waals surface area contributed by atoms with E-state index < -0.39 is 5.97 Å². The van der Waals surface area contributed by atoms with Crippen LogP contribution in [-0.4, -0.2) is 40.5 Å².